The highest BCUT2D eigenvalue weighted by molar-refractivity contribution is 7.90. The Hall–Kier alpha value is -13.4. The maximum absolute atomic E-state index is 13.7. The number of hydrogen-bond donors (Lipinski definition) is 7. The normalized spacial score (nSPS) is 15.5. The molecule has 5 saturated heterocycles. The number of hydrogen-bond acceptors (Lipinski definition) is 35. The van der Waals surface area contributed by atoms with Gasteiger partial charge in [0, 0.05) is 166 Å². The van der Waals surface area contributed by atoms with Crippen molar-refractivity contribution in [2.24, 2.45) is 0 Å². The SMILES string of the molecule is C.CS(=O)(=O)c1cccc(Nc2cc(-c3cnc(N)cc3C(F)(F)F)nc(N3CCOCC3)n2)c1.N#Cc1ccnc(Nc2cc(-c3cnc(N)cc3C(F)(F)F)nc(N3CCOCC3)n2)c1.Nc1cc(C(F)(F)F)c(-c2cc(N3CCCOCC3)nc(N3CCOCC3)n2)cn1.Nc1cc(C(F)(F)F)c(-c2cc(Nc3ccccc3S(=O)[O-])nc(N3CCOCC3)n2)cn1. The third kappa shape index (κ3) is 25.1. The van der Waals surface area contributed by atoms with E-state index in [1.807, 2.05) is 20.8 Å². The molecule has 1 atom stereocenters. The summed E-state index contributed by atoms with van der Waals surface area (Å²) in [6, 6.07) is 25.9. The molecule has 49 heteroatoms. The Bertz CT molecular complexity index is 5980. The van der Waals surface area contributed by atoms with E-state index in [-0.39, 0.29) is 127 Å². The molecular formula is C81H83F12N26O9S2-. The molecule has 5 aliphatic heterocycles. The van der Waals surface area contributed by atoms with Crippen molar-refractivity contribution in [3.05, 3.63) is 168 Å². The Kier molecular flexibility index (Phi) is 30.8. The van der Waals surface area contributed by atoms with Crippen LogP contribution in [-0.4, -0.2) is 220 Å². The van der Waals surface area contributed by atoms with Crippen molar-refractivity contribution < 1.29 is 93.5 Å². The number of benzene rings is 2. The minimum absolute atomic E-state index is 0. The summed E-state index contributed by atoms with van der Waals surface area (Å²) in [5.41, 5.74) is 18.4. The van der Waals surface area contributed by atoms with Crippen LogP contribution in [-0.2, 0) is 69.3 Å². The van der Waals surface area contributed by atoms with Crippen LogP contribution in [0, 0.1) is 11.3 Å². The van der Waals surface area contributed by atoms with Gasteiger partial charge in [0.25, 0.3) is 0 Å². The van der Waals surface area contributed by atoms with Crippen molar-refractivity contribution >= 4 is 108 Å². The predicted molar refractivity (Wildman–Crippen MR) is 457 cm³/mol. The van der Waals surface area contributed by atoms with E-state index >= 15 is 0 Å². The maximum Gasteiger partial charge on any atom is 0.417 e. The monoisotopic (exact) mass is 1860 g/mol. The summed E-state index contributed by atoms with van der Waals surface area (Å²) < 4.78 is 238. The van der Waals surface area contributed by atoms with Crippen molar-refractivity contribution in [3.8, 4) is 51.1 Å². The third-order valence-electron chi connectivity index (χ3n) is 19.6. The molecule has 9 aromatic heterocycles. The molecule has 14 heterocycles. The number of nitrogens with one attached hydrogen (secondary N) is 3. The average Bonchev–Trinajstić information content (AvgIpc) is 0.858. The fourth-order valence-corrected chi connectivity index (χ4v) is 14.5. The van der Waals surface area contributed by atoms with Gasteiger partial charge in [-0.2, -0.15) is 77.9 Å². The van der Waals surface area contributed by atoms with Crippen molar-refractivity contribution in [1.29, 1.82) is 5.26 Å². The summed E-state index contributed by atoms with van der Waals surface area (Å²) in [5.74, 6) is 1.37. The number of halogens is 12. The largest absolute Gasteiger partial charge is 0.768 e. The zero-order valence-electron chi connectivity index (χ0n) is 68.0. The smallest absolute Gasteiger partial charge is 0.417 e. The van der Waals surface area contributed by atoms with E-state index in [0.717, 1.165) is 61.7 Å². The van der Waals surface area contributed by atoms with E-state index in [1.54, 1.807) is 40.1 Å². The van der Waals surface area contributed by atoms with Gasteiger partial charge in [-0.15, -0.1) is 0 Å². The van der Waals surface area contributed by atoms with E-state index in [9.17, 15) is 69.9 Å². The fourth-order valence-electron chi connectivity index (χ4n) is 13.4. The first kappa shape index (κ1) is 95.7. The molecule has 16 rings (SSSR count). The van der Waals surface area contributed by atoms with Gasteiger partial charge in [-0.1, -0.05) is 25.6 Å². The molecule has 1 unspecified atom stereocenters. The van der Waals surface area contributed by atoms with Gasteiger partial charge < -0.3 is 91.6 Å². The third-order valence-corrected chi connectivity index (χ3v) is 21.4. The van der Waals surface area contributed by atoms with Crippen LogP contribution in [0.2, 0.25) is 0 Å². The molecule has 35 nitrogen and oxygen atoms in total. The number of nitrogens with two attached hydrogens (primary N) is 4. The Morgan fingerprint density at radius 3 is 1.16 bits per heavy atom. The molecule has 2 aromatic carbocycles. The van der Waals surface area contributed by atoms with Crippen molar-refractivity contribution in [1.82, 2.24) is 64.8 Å². The minimum Gasteiger partial charge on any atom is -0.768 e. The first-order valence-electron chi connectivity index (χ1n) is 39.2. The molecule has 0 saturated carbocycles. The van der Waals surface area contributed by atoms with Gasteiger partial charge in [0.1, 0.15) is 52.4 Å². The Morgan fingerprint density at radius 1 is 0.415 bits per heavy atom. The molecule has 5 aliphatic rings. The van der Waals surface area contributed by atoms with Crippen molar-refractivity contribution in [3.63, 3.8) is 0 Å². The van der Waals surface area contributed by atoms with E-state index in [0.29, 0.717) is 160 Å². The first-order valence-corrected chi connectivity index (χ1v) is 42.1. The number of rotatable bonds is 17. The molecule has 0 amide bonds. The number of alkyl halides is 12. The number of nitriles is 1. The maximum atomic E-state index is 13.7. The molecular weight excluding hydrogens is 1770 g/mol. The summed E-state index contributed by atoms with van der Waals surface area (Å²) in [6.45, 7) is 9.94. The second kappa shape index (κ2) is 41.8. The number of morpholine rings is 4. The van der Waals surface area contributed by atoms with Crippen LogP contribution >= 0.6 is 0 Å². The molecule has 0 aliphatic carbocycles. The second-order valence-electron chi connectivity index (χ2n) is 28.6. The molecule has 0 spiro atoms. The second-order valence-corrected chi connectivity index (χ2v) is 31.6. The van der Waals surface area contributed by atoms with Gasteiger partial charge in [-0.25, -0.2) is 53.3 Å². The van der Waals surface area contributed by atoms with Crippen LogP contribution < -0.4 is 63.4 Å². The van der Waals surface area contributed by atoms with Crippen molar-refractivity contribution in [2.75, 3.05) is 201 Å². The summed E-state index contributed by atoms with van der Waals surface area (Å²) in [6.07, 6.45) is -11.1. The quantitative estimate of drug-likeness (QED) is 0.0329. The highest BCUT2D eigenvalue weighted by atomic mass is 32.2. The van der Waals surface area contributed by atoms with Gasteiger partial charge >= 0.3 is 24.7 Å². The number of anilines is 15. The lowest BCUT2D eigenvalue weighted by Gasteiger charge is -2.29. The predicted octanol–water partition coefficient (Wildman–Crippen LogP) is 11.9. The topological polar surface area (TPSA) is 468 Å². The summed E-state index contributed by atoms with van der Waals surface area (Å²) in [7, 11) is -3.46. The zero-order valence-corrected chi connectivity index (χ0v) is 69.6. The molecule has 130 heavy (non-hydrogen) atoms. The first-order chi connectivity index (χ1) is 61.5. The summed E-state index contributed by atoms with van der Waals surface area (Å²) in [5, 5.41) is 17.9. The highest BCUT2D eigenvalue weighted by Gasteiger charge is 2.40. The lowest BCUT2D eigenvalue weighted by atomic mass is 10.1. The molecule has 688 valence electrons. The van der Waals surface area contributed by atoms with E-state index in [2.05, 4.69) is 80.7 Å². The average molecular weight is 1860 g/mol. The highest BCUT2D eigenvalue weighted by Crippen LogP contribution is 2.44. The number of nitrogen functional groups attached to an aromatic ring is 4. The van der Waals surface area contributed by atoms with Gasteiger partial charge in [-0.3, -0.25) is 4.21 Å². The van der Waals surface area contributed by atoms with Crippen LogP contribution in [0.25, 0.3) is 45.0 Å². The van der Waals surface area contributed by atoms with Gasteiger partial charge in [0.05, 0.1) is 127 Å². The van der Waals surface area contributed by atoms with Crippen LogP contribution in [0.4, 0.5) is 140 Å². The van der Waals surface area contributed by atoms with Crippen LogP contribution in [0.3, 0.4) is 0 Å². The van der Waals surface area contributed by atoms with Gasteiger partial charge in [-0.05, 0) is 84.2 Å². The van der Waals surface area contributed by atoms with Crippen molar-refractivity contribution in [2.45, 2.75) is 48.3 Å². The standard InChI is InChI=1S/C21H21F3N6O3S.C20H17F3N8O.C20H19F3N6O3S.C19H23F3N6O2.CH4/c1-34(31,32)14-4-2-3-13(9-14)27-19-11-17(28-20(29-19)30-5-7-33-8-6-30)15-12-26-18(25)10-16(15)21(22,23)24;21-20(22,23)14-8-16(25)27-11-13(14)15-9-18(29-17-7-12(10-24)1-2-26-17)30-19(28-15)31-3-5-32-6-4-31;21-20(22,23)13-9-17(24)25-11-12(13)15-10-18(26-14-3-1-2-4-16(14)33(30)31)28-19(27-15)29-5-7-32-8-6-29;20-19(21,22)14-10-16(23)24-12-13(14)15-11-17(27-2-1-6-29-7-3-27)26-18(25-15)28-4-8-30-9-5-28;/h2-4,9-12H,5-8H2,1H3,(H2,25,26)(H,27,28,29);1-2,7-9,11H,3-6H2,(H2,25,27)(H,26,28,29,30);1-4,9-11H,5-8H2,(H2,24,25)(H,30,31)(H,26,27,28);10-12H,1-9H2,(H2,23,24);1H4/p-1. The number of sulfone groups is 1. The van der Waals surface area contributed by atoms with Crippen LogP contribution in [0.1, 0.15) is 41.7 Å². The Morgan fingerprint density at radius 2 is 0.777 bits per heavy atom. The number of nitrogens with zero attached hydrogens (tertiary/aromatic N) is 19. The van der Waals surface area contributed by atoms with E-state index in [4.69, 9.17) is 51.9 Å². The molecule has 0 radical (unpaired) electrons. The fraction of sp³-hybridized carbons (Fsp3) is 0.333. The molecule has 11 N–H and O–H groups in total. The molecule has 11 aromatic rings. The van der Waals surface area contributed by atoms with Gasteiger partial charge in [0.15, 0.2) is 9.84 Å². The lowest BCUT2D eigenvalue weighted by molar-refractivity contribution is -0.137. The summed E-state index contributed by atoms with van der Waals surface area (Å²) in [4.78, 5) is 64.4. The number of para-hydroxylation sites is 1. The van der Waals surface area contributed by atoms with Crippen LogP contribution in [0.5, 0.6) is 0 Å². The number of pyridine rings is 5. The van der Waals surface area contributed by atoms with E-state index in [1.165, 1.54) is 60.8 Å². The minimum atomic E-state index is -4.70. The Balaban J connectivity index is 0.000000157. The molecule has 0 bridgehead atoms. The molecule has 5 fully saturated rings. The Labute approximate surface area is 737 Å². The number of aromatic nitrogens is 13. The van der Waals surface area contributed by atoms with E-state index < -0.39 is 67.9 Å². The lowest BCUT2D eigenvalue weighted by Crippen LogP contribution is -2.38. The zero-order chi connectivity index (χ0) is 92.0. The van der Waals surface area contributed by atoms with Gasteiger partial charge in [0.2, 0.25) is 23.8 Å². The summed E-state index contributed by atoms with van der Waals surface area (Å²) >= 11 is -2.54. The number of ether oxygens (including phenoxy) is 5. The van der Waals surface area contributed by atoms with Crippen LogP contribution in [0.15, 0.2) is 150 Å².